The predicted molar refractivity (Wildman–Crippen MR) is 143 cm³/mol. The Kier molecular flexibility index (Phi) is 7.74. The third kappa shape index (κ3) is 5.00. The number of hydrogen-bond donors (Lipinski definition) is 1. The first kappa shape index (κ1) is 26.1. The van der Waals surface area contributed by atoms with Gasteiger partial charge in [-0.2, -0.15) is 0 Å². The largest absolute Gasteiger partial charge is 0.507 e. The van der Waals surface area contributed by atoms with E-state index in [1.165, 1.54) is 19.1 Å². The average Bonchev–Trinajstić information content (AvgIpc) is 3.17. The Labute approximate surface area is 220 Å². The van der Waals surface area contributed by atoms with E-state index in [0.29, 0.717) is 29.4 Å². The van der Waals surface area contributed by atoms with Crippen LogP contribution in [-0.4, -0.2) is 37.6 Å². The van der Waals surface area contributed by atoms with Gasteiger partial charge < -0.3 is 19.3 Å². The molecule has 8 heteroatoms. The molecule has 0 saturated carbocycles. The molecule has 0 bridgehead atoms. The van der Waals surface area contributed by atoms with Crippen LogP contribution in [0, 0.1) is 6.92 Å². The third-order valence-corrected chi connectivity index (χ3v) is 6.35. The van der Waals surface area contributed by atoms with Gasteiger partial charge in [0.05, 0.1) is 43.0 Å². The molecule has 1 aliphatic rings. The number of halogens is 1. The summed E-state index contributed by atoms with van der Waals surface area (Å²) in [5.74, 6) is -0.675. The Hall–Kier alpha value is -3.97. The number of hydrogen-bond acceptors (Lipinski definition) is 6. The first-order valence-corrected chi connectivity index (χ1v) is 12.2. The minimum absolute atomic E-state index is 0.0851. The number of methoxy groups -OCH3 is 2. The smallest absolute Gasteiger partial charge is 0.300 e. The van der Waals surface area contributed by atoms with Crippen LogP contribution in [0.25, 0.3) is 5.76 Å². The molecule has 0 aliphatic carbocycles. The Balaban J connectivity index is 1.97. The number of aryl methyl sites for hydroxylation is 1. The molecule has 1 atom stereocenters. The second kappa shape index (κ2) is 11.0. The van der Waals surface area contributed by atoms with Crippen molar-refractivity contribution in [2.24, 2.45) is 0 Å². The van der Waals surface area contributed by atoms with Gasteiger partial charge in [0, 0.05) is 11.8 Å². The molecule has 1 fully saturated rings. The number of benzene rings is 3. The molecule has 1 amide bonds. The number of carbonyl (C=O) groups excluding carboxylic acids is 2. The van der Waals surface area contributed by atoms with Gasteiger partial charge in [-0.1, -0.05) is 36.7 Å². The maximum Gasteiger partial charge on any atom is 0.300 e. The zero-order valence-electron chi connectivity index (χ0n) is 21.1. The Morgan fingerprint density at radius 3 is 2.43 bits per heavy atom. The van der Waals surface area contributed by atoms with E-state index < -0.39 is 17.7 Å². The molecule has 3 aromatic carbocycles. The van der Waals surface area contributed by atoms with E-state index in [9.17, 15) is 14.7 Å². The molecule has 37 heavy (non-hydrogen) atoms. The topological polar surface area (TPSA) is 85.3 Å². The van der Waals surface area contributed by atoms with Crippen molar-refractivity contribution in [1.82, 2.24) is 0 Å². The number of nitrogens with zero attached hydrogens (tertiary/aromatic N) is 1. The lowest BCUT2D eigenvalue weighted by atomic mass is 9.94. The molecule has 1 aliphatic heterocycles. The Morgan fingerprint density at radius 2 is 1.73 bits per heavy atom. The highest BCUT2D eigenvalue weighted by Gasteiger charge is 2.47. The molecule has 4 rings (SSSR count). The zero-order valence-corrected chi connectivity index (χ0v) is 21.8. The monoisotopic (exact) mass is 521 g/mol. The van der Waals surface area contributed by atoms with Gasteiger partial charge in [0.1, 0.15) is 23.0 Å². The highest BCUT2D eigenvalue weighted by Crippen LogP contribution is 2.45. The summed E-state index contributed by atoms with van der Waals surface area (Å²) in [6.07, 6.45) is 0.819. The molecular formula is C29H28ClNO6. The van der Waals surface area contributed by atoms with Crippen LogP contribution < -0.4 is 19.1 Å². The molecule has 7 nitrogen and oxygen atoms in total. The quantitative estimate of drug-likeness (QED) is 0.220. The number of aliphatic hydroxyl groups excluding tert-OH is 1. The number of Topliss-reactive ketones (excluding diaryl/α,β-unsaturated/α-hetero) is 1. The number of aliphatic hydroxyl groups is 1. The summed E-state index contributed by atoms with van der Waals surface area (Å²) in [6, 6.07) is 16.4. The molecule has 1 unspecified atom stereocenters. The van der Waals surface area contributed by atoms with Crippen molar-refractivity contribution in [3.8, 4) is 17.2 Å². The van der Waals surface area contributed by atoms with Crippen molar-refractivity contribution in [1.29, 1.82) is 0 Å². The lowest BCUT2D eigenvalue weighted by molar-refractivity contribution is -0.132. The van der Waals surface area contributed by atoms with Gasteiger partial charge in [-0.3, -0.25) is 14.5 Å². The number of amides is 1. The van der Waals surface area contributed by atoms with E-state index >= 15 is 0 Å². The first-order chi connectivity index (χ1) is 17.8. The van der Waals surface area contributed by atoms with E-state index in [-0.39, 0.29) is 27.7 Å². The molecule has 1 saturated heterocycles. The highest BCUT2D eigenvalue weighted by molar-refractivity contribution is 6.51. The van der Waals surface area contributed by atoms with Crippen LogP contribution in [0.2, 0.25) is 5.02 Å². The lowest BCUT2D eigenvalue weighted by Crippen LogP contribution is -2.29. The molecule has 192 valence electrons. The van der Waals surface area contributed by atoms with Gasteiger partial charge in [-0.15, -0.1) is 0 Å². The van der Waals surface area contributed by atoms with E-state index in [1.54, 1.807) is 60.7 Å². The van der Waals surface area contributed by atoms with E-state index in [1.807, 2.05) is 13.8 Å². The molecule has 0 spiro atoms. The molecular weight excluding hydrogens is 494 g/mol. The van der Waals surface area contributed by atoms with E-state index in [2.05, 4.69) is 0 Å². The van der Waals surface area contributed by atoms with Crippen molar-refractivity contribution < 1.29 is 28.9 Å². The molecule has 1 heterocycles. The first-order valence-electron chi connectivity index (χ1n) is 11.8. The fourth-order valence-electron chi connectivity index (χ4n) is 4.43. The van der Waals surface area contributed by atoms with Crippen molar-refractivity contribution in [3.05, 3.63) is 87.9 Å². The van der Waals surface area contributed by atoms with Crippen molar-refractivity contribution in [2.45, 2.75) is 26.3 Å². The van der Waals surface area contributed by atoms with Crippen LogP contribution in [-0.2, 0) is 9.59 Å². The minimum atomic E-state index is -0.944. The van der Waals surface area contributed by atoms with Gasteiger partial charge in [0.2, 0.25) is 0 Å². The number of anilines is 1. The zero-order chi connectivity index (χ0) is 26.7. The maximum atomic E-state index is 13.5. The van der Waals surface area contributed by atoms with E-state index in [4.69, 9.17) is 25.8 Å². The van der Waals surface area contributed by atoms with Gasteiger partial charge in [-0.05, 0) is 60.9 Å². The summed E-state index contributed by atoms with van der Waals surface area (Å²) in [6.45, 7) is 4.31. The van der Waals surface area contributed by atoms with Crippen LogP contribution in [0.4, 0.5) is 5.69 Å². The second-order valence-corrected chi connectivity index (χ2v) is 9.03. The summed E-state index contributed by atoms with van der Waals surface area (Å²) in [5.41, 5.74) is 1.92. The minimum Gasteiger partial charge on any atom is -0.507 e. The van der Waals surface area contributed by atoms with Gasteiger partial charge in [0.15, 0.2) is 0 Å². The Bertz CT molecular complexity index is 1380. The van der Waals surface area contributed by atoms with Crippen LogP contribution in [0.15, 0.2) is 66.2 Å². The molecule has 1 N–H and O–H groups in total. The third-order valence-electron chi connectivity index (χ3n) is 6.07. The van der Waals surface area contributed by atoms with Gasteiger partial charge in [-0.25, -0.2) is 0 Å². The maximum absolute atomic E-state index is 13.5. The van der Waals surface area contributed by atoms with Crippen molar-refractivity contribution in [2.75, 3.05) is 25.7 Å². The summed E-state index contributed by atoms with van der Waals surface area (Å²) < 4.78 is 16.6. The number of ether oxygens (including phenoxy) is 3. The highest BCUT2D eigenvalue weighted by atomic mass is 35.5. The predicted octanol–water partition coefficient (Wildman–Crippen LogP) is 6.08. The van der Waals surface area contributed by atoms with Crippen molar-refractivity contribution >= 4 is 34.7 Å². The average molecular weight is 522 g/mol. The lowest BCUT2D eigenvalue weighted by Gasteiger charge is -2.26. The molecule has 0 aromatic heterocycles. The fourth-order valence-corrected chi connectivity index (χ4v) is 4.78. The van der Waals surface area contributed by atoms with Crippen molar-refractivity contribution in [3.63, 3.8) is 0 Å². The summed E-state index contributed by atoms with van der Waals surface area (Å²) in [4.78, 5) is 28.4. The standard InChI is InChI=1S/C29H28ClNO6/c1-5-12-37-21-11-7-9-19(16-21)31-25(18-8-6-10-20(15-18)35-3)24(27(33)29(31)34)26(32)22-13-17(2)14-23(30)28(22)36-4/h6-11,13-16,25,32H,5,12H2,1-4H3/b26-24+. The SMILES string of the molecule is CCCOc1cccc(N2C(=O)C(=O)/C(=C(/O)c3cc(C)cc(Cl)c3OC)C2c2cccc(OC)c2)c1. The summed E-state index contributed by atoms with van der Waals surface area (Å²) >= 11 is 6.38. The summed E-state index contributed by atoms with van der Waals surface area (Å²) in [7, 11) is 2.96. The summed E-state index contributed by atoms with van der Waals surface area (Å²) in [5, 5.41) is 11.8. The number of ketones is 1. The number of rotatable bonds is 8. The number of carbonyl (C=O) groups is 2. The normalized spacial score (nSPS) is 16.7. The van der Waals surface area contributed by atoms with Crippen LogP contribution in [0.5, 0.6) is 17.2 Å². The molecule has 3 aromatic rings. The van der Waals surface area contributed by atoms with Crippen LogP contribution in [0.1, 0.15) is 36.1 Å². The van der Waals surface area contributed by atoms with Crippen LogP contribution >= 0.6 is 11.6 Å². The Morgan fingerprint density at radius 1 is 1.00 bits per heavy atom. The molecule has 0 radical (unpaired) electrons. The fraction of sp³-hybridized carbons (Fsp3) is 0.241. The van der Waals surface area contributed by atoms with Crippen LogP contribution in [0.3, 0.4) is 0 Å². The van der Waals surface area contributed by atoms with Gasteiger partial charge in [0.25, 0.3) is 11.7 Å². The van der Waals surface area contributed by atoms with Gasteiger partial charge >= 0.3 is 0 Å². The second-order valence-electron chi connectivity index (χ2n) is 8.62. The van der Waals surface area contributed by atoms with E-state index in [0.717, 1.165) is 12.0 Å².